The van der Waals surface area contributed by atoms with Crippen LogP contribution in [-0.4, -0.2) is 40.5 Å². The number of nitrogens with two attached hydrogens (primary N) is 1. The molecule has 20 heavy (non-hydrogen) atoms. The van der Waals surface area contributed by atoms with E-state index >= 15 is 0 Å². The highest BCUT2D eigenvalue weighted by atomic mass is 16.4. The summed E-state index contributed by atoms with van der Waals surface area (Å²) in [7, 11) is 0. The lowest BCUT2D eigenvalue weighted by Crippen LogP contribution is -2.41. The molecule has 0 spiro atoms. The summed E-state index contributed by atoms with van der Waals surface area (Å²) >= 11 is 0. The number of amides is 1. The Bertz CT molecular complexity index is 303. The highest BCUT2D eigenvalue weighted by Gasteiger charge is 2.22. The number of rotatable bonds is 10. The van der Waals surface area contributed by atoms with E-state index < -0.39 is 5.97 Å². The van der Waals surface area contributed by atoms with E-state index in [0.717, 1.165) is 19.3 Å². The smallest absolute Gasteiger partial charge is 0.303 e. The highest BCUT2D eigenvalue weighted by molar-refractivity contribution is 5.78. The molecular formula is C15H30N2O3. The zero-order valence-electron chi connectivity index (χ0n) is 13.3. The topological polar surface area (TPSA) is 83.6 Å². The Balaban J connectivity index is 4.29. The number of carbonyl (C=O) groups is 2. The lowest BCUT2D eigenvalue weighted by atomic mass is 10.00. The summed E-state index contributed by atoms with van der Waals surface area (Å²) < 4.78 is 0. The zero-order chi connectivity index (χ0) is 15.7. The van der Waals surface area contributed by atoms with Crippen LogP contribution in [0.5, 0.6) is 0 Å². The Kier molecular flexibility index (Phi) is 9.21. The molecule has 0 aliphatic rings. The first kappa shape index (κ1) is 18.9. The van der Waals surface area contributed by atoms with Crippen LogP contribution in [0.3, 0.4) is 0 Å². The van der Waals surface area contributed by atoms with Crippen LogP contribution in [0.25, 0.3) is 0 Å². The quantitative estimate of drug-likeness (QED) is 0.645. The minimum atomic E-state index is -0.814. The fraction of sp³-hybridized carbons (Fsp3) is 0.867. The van der Waals surface area contributed by atoms with Crippen molar-refractivity contribution < 1.29 is 14.7 Å². The van der Waals surface area contributed by atoms with Crippen molar-refractivity contribution in [2.24, 2.45) is 11.7 Å². The van der Waals surface area contributed by atoms with Gasteiger partial charge in [-0.1, -0.05) is 13.3 Å². The molecule has 118 valence electrons. The van der Waals surface area contributed by atoms with E-state index in [1.807, 2.05) is 27.7 Å². The molecule has 0 saturated carbocycles. The Morgan fingerprint density at radius 3 is 2.15 bits per heavy atom. The van der Waals surface area contributed by atoms with E-state index in [1.54, 1.807) is 4.90 Å². The normalized spacial score (nSPS) is 14.1. The number of carbonyl (C=O) groups excluding carboxylic acids is 1. The largest absolute Gasteiger partial charge is 0.481 e. The standard InChI is InChI=1S/C15H30N2O3/c1-11(2)17(10-6-9-14(18)19)15(20)12(3)7-5-8-13(4)16/h11-13H,5-10,16H2,1-4H3,(H,18,19). The van der Waals surface area contributed by atoms with Crippen LogP contribution in [0.4, 0.5) is 0 Å². The molecule has 0 saturated heterocycles. The first-order chi connectivity index (χ1) is 9.25. The van der Waals surface area contributed by atoms with Crippen molar-refractivity contribution in [3.63, 3.8) is 0 Å². The minimum Gasteiger partial charge on any atom is -0.481 e. The third-order valence-electron chi connectivity index (χ3n) is 3.41. The van der Waals surface area contributed by atoms with Gasteiger partial charge in [0.2, 0.25) is 5.91 Å². The van der Waals surface area contributed by atoms with Gasteiger partial charge in [0.25, 0.3) is 0 Å². The third-order valence-corrected chi connectivity index (χ3v) is 3.41. The van der Waals surface area contributed by atoms with Crippen LogP contribution < -0.4 is 5.73 Å². The van der Waals surface area contributed by atoms with Gasteiger partial charge in [0, 0.05) is 31.0 Å². The molecule has 0 heterocycles. The second-order valence-corrected chi connectivity index (χ2v) is 5.93. The maximum atomic E-state index is 12.4. The van der Waals surface area contributed by atoms with Crippen LogP contribution in [0.2, 0.25) is 0 Å². The monoisotopic (exact) mass is 286 g/mol. The predicted octanol–water partition coefficient (Wildman–Crippen LogP) is 2.24. The molecule has 0 fully saturated rings. The fourth-order valence-corrected chi connectivity index (χ4v) is 2.18. The SMILES string of the molecule is CC(N)CCCC(C)C(=O)N(CCCC(=O)O)C(C)C. The lowest BCUT2D eigenvalue weighted by molar-refractivity contribution is -0.140. The van der Waals surface area contributed by atoms with E-state index in [1.165, 1.54) is 0 Å². The molecule has 0 radical (unpaired) electrons. The number of nitrogens with zero attached hydrogens (tertiary/aromatic N) is 1. The Labute approximate surface area is 122 Å². The van der Waals surface area contributed by atoms with E-state index in [0.29, 0.717) is 13.0 Å². The van der Waals surface area contributed by atoms with Gasteiger partial charge in [0.15, 0.2) is 0 Å². The summed E-state index contributed by atoms with van der Waals surface area (Å²) in [5.41, 5.74) is 5.71. The van der Waals surface area contributed by atoms with Crippen LogP contribution in [0.1, 0.15) is 59.8 Å². The average Bonchev–Trinajstić information content (AvgIpc) is 2.32. The van der Waals surface area contributed by atoms with Gasteiger partial charge in [0.05, 0.1) is 0 Å². The lowest BCUT2D eigenvalue weighted by Gasteiger charge is -2.29. The molecule has 0 rings (SSSR count). The van der Waals surface area contributed by atoms with E-state index in [9.17, 15) is 9.59 Å². The van der Waals surface area contributed by atoms with Crippen molar-refractivity contribution in [1.29, 1.82) is 0 Å². The molecule has 2 atom stereocenters. The number of carboxylic acids is 1. The van der Waals surface area contributed by atoms with Gasteiger partial charge in [-0.2, -0.15) is 0 Å². The van der Waals surface area contributed by atoms with Crippen molar-refractivity contribution in [2.75, 3.05) is 6.54 Å². The molecule has 0 aromatic heterocycles. The van der Waals surface area contributed by atoms with Crippen LogP contribution in [-0.2, 0) is 9.59 Å². The molecule has 3 N–H and O–H groups in total. The summed E-state index contributed by atoms with van der Waals surface area (Å²) in [6.45, 7) is 8.36. The number of hydrogen-bond donors (Lipinski definition) is 2. The molecule has 0 aromatic rings. The average molecular weight is 286 g/mol. The molecule has 2 unspecified atom stereocenters. The molecule has 1 amide bonds. The first-order valence-electron chi connectivity index (χ1n) is 7.53. The molecule has 0 aliphatic carbocycles. The van der Waals surface area contributed by atoms with Crippen molar-refractivity contribution in [3.05, 3.63) is 0 Å². The summed E-state index contributed by atoms with van der Waals surface area (Å²) in [5.74, 6) is -0.720. The van der Waals surface area contributed by atoms with Gasteiger partial charge >= 0.3 is 5.97 Å². The van der Waals surface area contributed by atoms with E-state index in [2.05, 4.69) is 0 Å². The van der Waals surface area contributed by atoms with Crippen LogP contribution >= 0.6 is 0 Å². The summed E-state index contributed by atoms with van der Waals surface area (Å²) in [4.78, 5) is 24.7. The van der Waals surface area contributed by atoms with Crippen molar-refractivity contribution in [3.8, 4) is 0 Å². The van der Waals surface area contributed by atoms with Crippen molar-refractivity contribution in [2.45, 2.75) is 71.9 Å². The molecule has 0 aliphatic heterocycles. The molecule has 0 aromatic carbocycles. The van der Waals surface area contributed by atoms with Crippen LogP contribution in [0.15, 0.2) is 0 Å². The molecule has 0 bridgehead atoms. The number of carboxylic acid groups (broad SMARTS) is 1. The minimum absolute atomic E-state index is 0.0269. The fourth-order valence-electron chi connectivity index (χ4n) is 2.18. The van der Waals surface area contributed by atoms with E-state index in [-0.39, 0.29) is 30.3 Å². The zero-order valence-corrected chi connectivity index (χ0v) is 13.3. The van der Waals surface area contributed by atoms with Gasteiger partial charge in [-0.25, -0.2) is 0 Å². The van der Waals surface area contributed by atoms with Crippen molar-refractivity contribution in [1.82, 2.24) is 4.90 Å². The maximum absolute atomic E-state index is 12.4. The van der Waals surface area contributed by atoms with Gasteiger partial charge < -0.3 is 15.7 Å². The summed E-state index contributed by atoms with van der Waals surface area (Å²) in [6.07, 6.45) is 3.33. The number of aliphatic carboxylic acids is 1. The number of hydrogen-bond acceptors (Lipinski definition) is 3. The molecule has 5 nitrogen and oxygen atoms in total. The Morgan fingerprint density at radius 2 is 1.70 bits per heavy atom. The second kappa shape index (κ2) is 9.75. The molecular weight excluding hydrogens is 256 g/mol. The maximum Gasteiger partial charge on any atom is 0.303 e. The first-order valence-corrected chi connectivity index (χ1v) is 7.53. The predicted molar refractivity (Wildman–Crippen MR) is 80.4 cm³/mol. The highest BCUT2D eigenvalue weighted by Crippen LogP contribution is 2.15. The van der Waals surface area contributed by atoms with Gasteiger partial charge in [-0.05, 0) is 40.0 Å². The second-order valence-electron chi connectivity index (χ2n) is 5.93. The van der Waals surface area contributed by atoms with Gasteiger partial charge in [-0.15, -0.1) is 0 Å². The Morgan fingerprint density at radius 1 is 1.10 bits per heavy atom. The Hall–Kier alpha value is -1.10. The van der Waals surface area contributed by atoms with Gasteiger partial charge in [-0.3, -0.25) is 9.59 Å². The van der Waals surface area contributed by atoms with E-state index in [4.69, 9.17) is 10.8 Å². The summed E-state index contributed by atoms with van der Waals surface area (Å²) in [6, 6.07) is 0.279. The van der Waals surface area contributed by atoms with Gasteiger partial charge in [0.1, 0.15) is 0 Å². The van der Waals surface area contributed by atoms with Crippen LogP contribution in [0, 0.1) is 5.92 Å². The van der Waals surface area contributed by atoms with Crippen molar-refractivity contribution >= 4 is 11.9 Å². The summed E-state index contributed by atoms with van der Waals surface area (Å²) in [5, 5.41) is 8.67. The molecule has 5 heteroatoms. The third kappa shape index (κ3) is 8.15.